The summed E-state index contributed by atoms with van der Waals surface area (Å²) in [7, 11) is 0. The van der Waals surface area contributed by atoms with Gasteiger partial charge >= 0.3 is 5.97 Å². The van der Waals surface area contributed by atoms with E-state index in [0.29, 0.717) is 12.4 Å². The van der Waals surface area contributed by atoms with Gasteiger partial charge in [0.2, 0.25) is 0 Å². The first-order chi connectivity index (χ1) is 8.67. The zero-order chi connectivity index (χ0) is 13.4. The summed E-state index contributed by atoms with van der Waals surface area (Å²) in [6.07, 6.45) is 1.65. The maximum atomic E-state index is 11.2. The van der Waals surface area contributed by atoms with Crippen molar-refractivity contribution in [2.45, 2.75) is 32.7 Å². The van der Waals surface area contributed by atoms with Crippen molar-refractivity contribution in [1.29, 1.82) is 0 Å². The van der Waals surface area contributed by atoms with Crippen LogP contribution >= 0.6 is 0 Å². The first kappa shape index (κ1) is 14.5. The quantitative estimate of drug-likeness (QED) is 0.752. The van der Waals surface area contributed by atoms with E-state index in [1.165, 1.54) is 0 Å². The molecular weight excluding hydrogens is 230 g/mol. The summed E-state index contributed by atoms with van der Waals surface area (Å²) >= 11 is 0. The third-order valence-electron chi connectivity index (χ3n) is 2.63. The predicted molar refractivity (Wildman–Crippen MR) is 70.5 cm³/mol. The summed E-state index contributed by atoms with van der Waals surface area (Å²) in [6.45, 7) is 4.12. The Balaban J connectivity index is 2.61. The normalized spacial score (nSPS) is 11.9. The van der Waals surface area contributed by atoms with E-state index in [1.807, 2.05) is 31.2 Å². The number of carbonyl (C=O) groups excluding carboxylic acids is 1. The smallest absolute Gasteiger partial charge is 0.344 e. The molecular formula is C14H21NO3. The van der Waals surface area contributed by atoms with Crippen molar-refractivity contribution in [1.82, 2.24) is 0 Å². The highest BCUT2D eigenvalue weighted by Crippen LogP contribution is 2.19. The Hall–Kier alpha value is -1.55. The van der Waals surface area contributed by atoms with Crippen molar-refractivity contribution in [2.24, 2.45) is 5.73 Å². The van der Waals surface area contributed by atoms with Crippen molar-refractivity contribution in [3.05, 3.63) is 29.8 Å². The van der Waals surface area contributed by atoms with Crippen molar-refractivity contribution >= 4 is 5.97 Å². The predicted octanol–water partition coefficient (Wildman–Crippen LogP) is 1.91. The average Bonchev–Trinajstić information content (AvgIpc) is 2.38. The lowest BCUT2D eigenvalue weighted by Crippen LogP contribution is -2.22. The molecule has 0 aliphatic rings. The number of carbonyl (C=O) groups is 1. The number of para-hydroxylation sites is 1. The van der Waals surface area contributed by atoms with Gasteiger partial charge in [0, 0.05) is 6.04 Å². The molecule has 0 aliphatic heterocycles. The van der Waals surface area contributed by atoms with Gasteiger partial charge in [-0.3, -0.25) is 0 Å². The molecule has 1 rings (SSSR count). The number of hydrogen-bond donors (Lipinski definition) is 1. The van der Waals surface area contributed by atoms with Gasteiger partial charge in [-0.2, -0.15) is 0 Å². The monoisotopic (exact) mass is 251 g/mol. The lowest BCUT2D eigenvalue weighted by molar-refractivity contribution is -0.145. The molecule has 4 heteroatoms. The van der Waals surface area contributed by atoms with Crippen LogP contribution in [0, 0.1) is 0 Å². The van der Waals surface area contributed by atoms with Gasteiger partial charge in [0.15, 0.2) is 6.61 Å². The minimum Gasteiger partial charge on any atom is -0.482 e. The second-order valence-corrected chi connectivity index (χ2v) is 4.07. The Bertz CT molecular complexity index is 379. The van der Waals surface area contributed by atoms with Crippen LogP contribution < -0.4 is 10.5 Å². The van der Waals surface area contributed by atoms with E-state index in [1.54, 1.807) is 6.92 Å². The topological polar surface area (TPSA) is 61.5 Å². The molecule has 1 aromatic carbocycles. The molecule has 0 saturated carbocycles. The van der Waals surface area contributed by atoms with Gasteiger partial charge < -0.3 is 15.2 Å². The van der Waals surface area contributed by atoms with Crippen LogP contribution in [0.25, 0.3) is 0 Å². The molecule has 0 saturated heterocycles. The maximum Gasteiger partial charge on any atom is 0.344 e. The molecule has 100 valence electrons. The molecule has 2 N–H and O–H groups in total. The molecule has 0 bridgehead atoms. The fourth-order valence-electron chi connectivity index (χ4n) is 1.58. The van der Waals surface area contributed by atoms with Crippen LogP contribution in [0.3, 0.4) is 0 Å². The highest BCUT2D eigenvalue weighted by molar-refractivity contribution is 5.71. The molecule has 0 radical (unpaired) electrons. The Morgan fingerprint density at radius 3 is 2.72 bits per heavy atom. The Kier molecular flexibility index (Phi) is 6.22. The van der Waals surface area contributed by atoms with Crippen LogP contribution in [-0.2, 0) is 16.0 Å². The van der Waals surface area contributed by atoms with Crippen LogP contribution in [0.5, 0.6) is 5.75 Å². The Morgan fingerprint density at radius 1 is 1.33 bits per heavy atom. The van der Waals surface area contributed by atoms with Gasteiger partial charge in [0.1, 0.15) is 5.75 Å². The van der Waals surface area contributed by atoms with Crippen LogP contribution in [0.1, 0.15) is 25.8 Å². The van der Waals surface area contributed by atoms with E-state index in [2.05, 4.69) is 0 Å². The summed E-state index contributed by atoms with van der Waals surface area (Å²) < 4.78 is 10.3. The third kappa shape index (κ3) is 4.75. The van der Waals surface area contributed by atoms with Gasteiger partial charge in [0.25, 0.3) is 0 Å². The summed E-state index contributed by atoms with van der Waals surface area (Å²) in [5, 5.41) is 0. The Morgan fingerprint density at radius 2 is 2.06 bits per heavy atom. The number of nitrogens with two attached hydrogens (primary N) is 1. The Labute approximate surface area is 108 Å². The molecule has 4 nitrogen and oxygen atoms in total. The molecule has 1 aromatic rings. The molecule has 0 aromatic heterocycles. The van der Waals surface area contributed by atoms with Crippen molar-refractivity contribution in [3.8, 4) is 5.75 Å². The summed E-state index contributed by atoms with van der Waals surface area (Å²) in [5.74, 6) is 0.349. The molecule has 18 heavy (non-hydrogen) atoms. The molecule has 0 heterocycles. The van der Waals surface area contributed by atoms with E-state index in [9.17, 15) is 4.79 Å². The molecule has 1 unspecified atom stereocenters. The fraction of sp³-hybridized carbons (Fsp3) is 0.500. The number of esters is 1. The van der Waals surface area contributed by atoms with E-state index in [4.69, 9.17) is 15.2 Å². The van der Waals surface area contributed by atoms with E-state index >= 15 is 0 Å². The van der Waals surface area contributed by atoms with E-state index in [-0.39, 0.29) is 18.6 Å². The van der Waals surface area contributed by atoms with Crippen LogP contribution in [0.2, 0.25) is 0 Å². The van der Waals surface area contributed by atoms with Crippen LogP contribution in [0.15, 0.2) is 24.3 Å². The van der Waals surface area contributed by atoms with Crippen molar-refractivity contribution in [3.63, 3.8) is 0 Å². The van der Waals surface area contributed by atoms with Crippen LogP contribution in [0.4, 0.5) is 0 Å². The highest BCUT2D eigenvalue weighted by Gasteiger charge is 2.09. The molecule has 0 spiro atoms. The first-order valence-corrected chi connectivity index (χ1v) is 6.29. The molecule has 0 amide bonds. The molecule has 0 fully saturated rings. The number of ether oxygens (including phenoxy) is 2. The van der Waals surface area contributed by atoms with Crippen LogP contribution in [-0.4, -0.2) is 25.2 Å². The van der Waals surface area contributed by atoms with Gasteiger partial charge in [-0.15, -0.1) is 0 Å². The lowest BCUT2D eigenvalue weighted by atomic mass is 10.0. The number of hydrogen-bond acceptors (Lipinski definition) is 4. The maximum absolute atomic E-state index is 11.2. The van der Waals surface area contributed by atoms with Gasteiger partial charge in [-0.25, -0.2) is 4.79 Å². The zero-order valence-corrected chi connectivity index (χ0v) is 11.0. The minimum absolute atomic E-state index is 0.0633. The second kappa shape index (κ2) is 7.71. The zero-order valence-electron chi connectivity index (χ0n) is 11.0. The standard InChI is InChI=1S/C14H21NO3/c1-3-12(15)9-11-7-5-6-8-13(11)18-10-14(16)17-4-2/h5-8,12H,3-4,9-10,15H2,1-2H3. The van der Waals surface area contributed by atoms with Crippen molar-refractivity contribution in [2.75, 3.05) is 13.2 Å². The largest absolute Gasteiger partial charge is 0.482 e. The van der Waals surface area contributed by atoms with E-state index < -0.39 is 0 Å². The SMILES string of the molecule is CCOC(=O)COc1ccccc1CC(N)CC. The summed E-state index contributed by atoms with van der Waals surface area (Å²) in [5.41, 5.74) is 6.95. The van der Waals surface area contributed by atoms with Gasteiger partial charge in [-0.1, -0.05) is 25.1 Å². The second-order valence-electron chi connectivity index (χ2n) is 4.07. The third-order valence-corrected chi connectivity index (χ3v) is 2.63. The highest BCUT2D eigenvalue weighted by atomic mass is 16.6. The molecule has 1 atom stereocenters. The minimum atomic E-state index is -0.355. The lowest BCUT2D eigenvalue weighted by Gasteiger charge is -2.13. The molecule has 0 aliphatic carbocycles. The summed E-state index contributed by atoms with van der Waals surface area (Å²) in [4.78, 5) is 11.2. The first-order valence-electron chi connectivity index (χ1n) is 6.29. The summed E-state index contributed by atoms with van der Waals surface area (Å²) in [6, 6.07) is 7.74. The fourth-order valence-corrected chi connectivity index (χ4v) is 1.58. The average molecular weight is 251 g/mol. The van der Waals surface area contributed by atoms with Crippen molar-refractivity contribution < 1.29 is 14.3 Å². The van der Waals surface area contributed by atoms with Gasteiger partial charge in [0.05, 0.1) is 6.61 Å². The number of benzene rings is 1. The number of rotatable bonds is 7. The van der Waals surface area contributed by atoms with E-state index in [0.717, 1.165) is 18.4 Å². The van der Waals surface area contributed by atoms with Gasteiger partial charge in [-0.05, 0) is 31.4 Å².